The number of benzene rings is 1. The molecule has 1 aromatic rings. The van der Waals surface area contributed by atoms with Gasteiger partial charge < -0.3 is 10.3 Å². The van der Waals surface area contributed by atoms with E-state index in [0.717, 1.165) is 6.54 Å². The van der Waals surface area contributed by atoms with Gasteiger partial charge >= 0.3 is 0 Å². The number of aryl methyl sites for hydroxylation is 1. The first kappa shape index (κ1) is 13.0. The minimum Gasteiger partial charge on any atom is -0.374 e. The first-order valence-electron chi connectivity index (χ1n) is 6.86. The van der Waals surface area contributed by atoms with Crippen LogP contribution in [0, 0.1) is 0 Å². The molecule has 0 spiro atoms. The minimum absolute atomic E-state index is 0.911. The highest BCUT2D eigenvalue weighted by atomic mass is 15.4. The summed E-state index contributed by atoms with van der Waals surface area (Å²) in [6, 6.07) is 6.82. The molecule has 1 aromatic carbocycles. The van der Waals surface area contributed by atoms with Gasteiger partial charge in [0.1, 0.15) is 0 Å². The second kappa shape index (κ2) is 5.91. The average Bonchev–Trinajstić information content (AvgIpc) is 2.95. The molecule has 0 fully saturated rings. The van der Waals surface area contributed by atoms with Gasteiger partial charge in [0.15, 0.2) is 0 Å². The van der Waals surface area contributed by atoms with Crippen molar-refractivity contribution in [2.75, 3.05) is 25.0 Å². The second-order valence-electron chi connectivity index (χ2n) is 4.54. The summed E-state index contributed by atoms with van der Waals surface area (Å²) in [5.74, 6) is 0. The van der Waals surface area contributed by atoms with Crippen molar-refractivity contribution >= 4 is 11.3 Å². The number of anilines is 1. The van der Waals surface area contributed by atoms with E-state index in [1.165, 1.54) is 41.8 Å². The van der Waals surface area contributed by atoms with Crippen LogP contribution in [0.5, 0.6) is 0 Å². The number of nitrogens with one attached hydrogen (secondary N) is 2. The summed E-state index contributed by atoms with van der Waals surface area (Å²) in [7, 11) is 2.18. The molecule has 0 atom stereocenters. The summed E-state index contributed by atoms with van der Waals surface area (Å²) in [5.41, 5.74) is 11.7. The molecule has 0 amide bonds. The second-order valence-corrected chi connectivity index (χ2v) is 4.54. The summed E-state index contributed by atoms with van der Waals surface area (Å²) < 4.78 is 0. The Balaban J connectivity index is 0.000000574. The zero-order valence-electron chi connectivity index (χ0n) is 11.6. The molecule has 0 bridgehead atoms. The van der Waals surface area contributed by atoms with E-state index < -0.39 is 0 Å². The summed E-state index contributed by atoms with van der Waals surface area (Å²) in [6.45, 7) is 6.09. The maximum Gasteiger partial charge on any atom is 0.0419 e. The van der Waals surface area contributed by atoms with Gasteiger partial charge in [0, 0.05) is 32.0 Å². The SMILES string of the molecule is CC.CN1CCCc2cc(C3=CNNC3)ccc21. The molecule has 2 aliphatic heterocycles. The van der Waals surface area contributed by atoms with Gasteiger partial charge in [0.2, 0.25) is 0 Å². The van der Waals surface area contributed by atoms with Crippen LogP contribution in [0.3, 0.4) is 0 Å². The molecule has 18 heavy (non-hydrogen) atoms. The molecule has 0 unspecified atom stereocenters. The Bertz CT molecular complexity index is 437. The van der Waals surface area contributed by atoms with E-state index in [0.29, 0.717) is 0 Å². The average molecular weight is 245 g/mol. The Kier molecular flexibility index (Phi) is 4.26. The van der Waals surface area contributed by atoms with E-state index in [-0.39, 0.29) is 0 Å². The highest BCUT2D eigenvalue weighted by Crippen LogP contribution is 2.29. The molecule has 98 valence electrons. The third kappa shape index (κ3) is 2.51. The van der Waals surface area contributed by atoms with Gasteiger partial charge in [-0.1, -0.05) is 19.9 Å². The Labute approximate surface area is 110 Å². The van der Waals surface area contributed by atoms with Crippen molar-refractivity contribution in [3.05, 3.63) is 35.5 Å². The molecule has 0 aromatic heterocycles. The summed E-state index contributed by atoms with van der Waals surface area (Å²) >= 11 is 0. The fraction of sp³-hybridized carbons (Fsp3) is 0.467. The first-order valence-corrected chi connectivity index (χ1v) is 6.86. The fourth-order valence-corrected chi connectivity index (χ4v) is 2.51. The molecule has 3 heteroatoms. The number of hydrogen-bond donors (Lipinski definition) is 2. The summed E-state index contributed by atoms with van der Waals surface area (Å²) in [5, 5.41) is 0. The van der Waals surface area contributed by atoms with Crippen molar-refractivity contribution < 1.29 is 0 Å². The van der Waals surface area contributed by atoms with E-state index in [4.69, 9.17) is 0 Å². The summed E-state index contributed by atoms with van der Waals surface area (Å²) in [4.78, 5) is 2.35. The Hall–Kier alpha value is -1.48. The minimum atomic E-state index is 0.911. The number of rotatable bonds is 1. The zero-order valence-corrected chi connectivity index (χ0v) is 11.6. The van der Waals surface area contributed by atoms with Crippen molar-refractivity contribution in [2.45, 2.75) is 26.7 Å². The zero-order chi connectivity index (χ0) is 13.0. The Morgan fingerprint density at radius 2 is 2.06 bits per heavy atom. The predicted molar refractivity (Wildman–Crippen MR) is 78.5 cm³/mol. The third-order valence-corrected chi connectivity index (χ3v) is 3.43. The molecule has 2 aliphatic rings. The molecular formula is C15H23N3. The van der Waals surface area contributed by atoms with Crippen LogP contribution in [-0.2, 0) is 6.42 Å². The molecule has 0 radical (unpaired) electrons. The highest BCUT2D eigenvalue weighted by Gasteiger charge is 2.15. The lowest BCUT2D eigenvalue weighted by atomic mass is 9.97. The Morgan fingerprint density at radius 3 is 2.78 bits per heavy atom. The molecular weight excluding hydrogens is 222 g/mol. The lowest BCUT2D eigenvalue weighted by Crippen LogP contribution is -2.24. The van der Waals surface area contributed by atoms with Crippen molar-refractivity contribution in [3.8, 4) is 0 Å². The van der Waals surface area contributed by atoms with Crippen molar-refractivity contribution in [1.82, 2.24) is 10.9 Å². The number of fused-ring (bicyclic) bond motifs is 1. The quantitative estimate of drug-likeness (QED) is 0.796. The van der Waals surface area contributed by atoms with Gasteiger partial charge in [-0.25, -0.2) is 5.43 Å². The van der Waals surface area contributed by atoms with Gasteiger partial charge in [-0.15, -0.1) is 0 Å². The van der Waals surface area contributed by atoms with Gasteiger partial charge in [-0.3, -0.25) is 0 Å². The fourth-order valence-electron chi connectivity index (χ4n) is 2.51. The lowest BCUT2D eigenvalue weighted by Gasteiger charge is -2.27. The Morgan fingerprint density at radius 1 is 1.22 bits per heavy atom. The summed E-state index contributed by atoms with van der Waals surface area (Å²) in [6.07, 6.45) is 4.53. The third-order valence-electron chi connectivity index (χ3n) is 3.43. The normalized spacial score (nSPS) is 17.3. The first-order chi connectivity index (χ1) is 8.84. The van der Waals surface area contributed by atoms with Crippen molar-refractivity contribution in [1.29, 1.82) is 0 Å². The molecule has 2 heterocycles. The molecule has 0 saturated carbocycles. The van der Waals surface area contributed by atoms with E-state index in [2.05, 4.69) is 41.0 Å². The molecule has 0 aliphatic carbocycles. The van der Waals surface area contributed by atoms with Gasteiger partial charge in [-0.2, -0.15) is 0 Å². The van der Waals surface area contributed by atoms with Crippen LogP contribution in [-0.4, -0.2) is 20.1 Å². The molecule has 3 rings (SSSR count). The van der Waals surface area contributed by atoms with E-state index >= 15 is 0 Å². The molecule has 2 N–H and O–H groups in total. The predicted octanol–water partition coefficient (Wildman–Crippen LogP) is 2.54. The van der Waals surface area contributed by atoms with Crippen molar-refractivity contribution in [3.63, 3.8) is 0 Å². The van der Waals surface area contributed by atoms with Gasteiger partial charge in [0.05, 0.1) is 0 Å². The van der Waals surface area contributed by atoms with Crippen LogP contribution < -0.4 is 15.8 Å². The van der Waals surface area contributed by atoms with Crippen molar-refractivity contribution in [2.24, 2.45) is 0 Å². The topological polar surface area (TPSA) is 27.3 Å². The maximum atomic E-state index is 3.11. The van der Waals surface area contributed by atoms with Crippen LogP contribution in [0.1, 0.15) is 31.4 Å². The van der Waals surface area contributed by atoms with E-state index in [1.807, 2.05) is 20.0 Å². The number of nitrogens with zero attached hydrogens (tertiary/aromatic N) is 1. The lowest BCUT2D eigenvalue weighted by molar-refractivity contribution is 0.729. The largest absolute Gasteiger partial charge is 0.374 e. The highest BCUT2D eigenvalue weighted by molar-refractivity contribution is 5.71. The molecule has 0 saturated heterocycles. The molecule has 3 nitrogen and oxygen atoms in total. The number of hydrazine groups is 1. The monoisotopic (exact) mass is 245 g/mol. The van der Waals surface area contributed by atoms with Crippen LogP contribution in [0.25, 0.3) is 5.57 Å². The van der Waals surface area contributed by atoms with Crippen LogP contribution in [0.4, 0.5) is 5.69 Å². The van der Waals surface area contributed by atoms with Crippen LogP contribution in [0.2, 0.25) is 0 Å². The number of hydrogen-bond acceptors (Lipinski definition) is 3. The van der Waals surface area contributed by atoms with Gasteiger partial charge in [-0.05, 0) is 41.7 Å². The van der Waals surface area contributed by atoms with Crippen LogP contribution >= 0.6 is 0 Å². The van der Waals surface area contributed by atoms with E-state index in [9.17, 15) is 0 Å². The smallest absolute Gasteiger partial charge is 0.0419 e. The van der Waals surface area contributed by atoms with Crippen LogP contribution in [0.15, 0.2) is 24.4 Å². The maximum absolute atomic E-state index is 3.11. The van der Waals surface area contributed by atoms with E-state index in [1.54, 1.807) is 0 Å². The standard InChI is InChI=1S/C13H17N3.C2H6/c1-16-6-2-3-11-7-10(4-5-13(11)16)12-8-14-15-9-12;1-2/h4-5,7-8,14-15H,2-3,6,9H2,1H3;1-2H3. The van der Waals surface area contributed by atoms with Gasteiger partial charge in [0.25, 0.3) is 0 Å².